The first-order valence-electron chi connectivity index (χ1n) is 5.37. The number of anilines is 1. The predicted molar refractivity (Wildman–Crippen MR) is 62.5 cm³/mol. The van der Waals surface area contributed by atoms with Crippen molar-refractivity contribution in [3.05, 3.63) is 30.1 Å². The van der Waals surface area contributed by atoms with Gasteiger partial charge in [0.15, 0.2) is 0 Å². The van der Waals surface area contributed by atoms with Gasteiger partial charge in [0.25, 0.3) is 0 Å². The van der Waals surface area contributed by atoms with E-state index in [9.17, 15) is 9.18 Å². The fourth-order valence-electron chi connectivity index (χ4n) is 1.29. The lowest BCUT2D eigenvalue weighted by Crippen LogP contribution is -2.40. The highest BCUT2D eigenvalue weighted by atomic mass is 19.1. The van der Waals surface area contributed by atoms with Gasteiger partial charge in [-0.05, 0) is 18.1 Å². The van der Waals surface area contributed by atoms with Crippen molar-refractivity contribution in [1.29, 1.82) is 0 Å². The van der Waals surface area contributed by atoms with E-state index < -0.39 is 11.9 Å². The molecule has 1 amide bonds. The van der Waals surface area contributed by atoms with E-state index in [0.717, 1.165) is 6.42 Å². The van der Waals surface area contributed by atoms with Crippen LogP contribution in [0.5, 0.6) is 0 Å². The van der Waals surface area contributed by atoms with Crippen molar-refractivity contribution < 1.29 is 9.18 Å². The number of carbonyl (C=O) groups excluding carboxylic acids is 1. The maximum Gasteiger partial charge on any atom is 0.241 e. The Morgan fingerprint density at radius 3 is 2.69 bits per heavy atom. The van der Waals surface area contributed by atoms with Gasteiger partial charge in [0, 0.05) is 0 Å². The minimum absolute atomic E-state index is 0.0757. The number of carbonyl (C=O) groups is 1. The van der Waals surface area contributed by atoms with Crippen molar-refractivity contribution in [3.8, 4) is 0 Å². The molecule has 0 aliphatic carbocycles. The number of nitrogens with two attached hydrogens (primary N) is 1. The van der Waals surface area contributed by atoms with Gasteiger partial charge in [-0.15, -0.1) is 0 Å². The molecule has 0 fully saturated rings. The van der Waals surface area contributed by atoms with Crippen molar-refractivity contribution >= 4 is 11.6 Å². The molecule has 0 unspecified atom stereocenters. The molecule has 1 aromatic rings. The molecular formula is C12H17FN2O. The van der Waals surface area contributed by atoms with Crippen LogP contribution in [0.4, 0.5) is 10.1 Å². The maximum atomic E-state index is 13.2. The van der Waals surface area contributed by atoms with Crippen molar-refractivity contribution in [1.82, 2.24) is 0 Å². The quantitative estimate of drug-likeness (QED) is 0.823. The molecule has 1 rings (SSSR count). The zero-order valence-electron chi connectivity index (χ0n) is 9.53. The van der Waals surface area contributed by atoms with E-state index in [1.54, 1.807) is 12.1 Å². The lowest BCUT2D eigenvalue weighted by Gasteiger charge is -2.17. The number of halogens is 1. The van der Waals surface area contributed by atoms with Crippen molar-refractivity contribution in [2.45, 2.75) is 26.3 Å². The van der Waals surface area contributed by atoms with E-state index in [1.807, 2.05) is 13.8 Å². The Kier molecular flexibility index (Phi) is 4.43. The lowest BCUT2D eigenvalue weighted by atomic mass is 9.99. The van der Waals surface area contributed by atoms with Gasteiger partial charge < -0.3 is 11.1 Å². The Morgan fingerprint density at radius 1 is 1.50 bits per heavy atom. The molecule has 16 heavy (non-hydrogen) atoms. The van der Waals surface area contributed by atoms with Crippen LogP contribution in [0.2, 0.25) is 0 Å². The second kappa shape index (κ2) is 5.61. The summed E-state index contributed by atoms with van der Waals surface area (Å²) in [6.45, 7) is 3.85. The Hall–Kier alpha value is -1.42. The van der Waals surface area contributed by atoms with Crippen LogP contribution in [-0.2, 0) is 4.79 Å². The summed E-state index contributed by atoms with van der Waals surface area (Å²) in [5.74, 6) is -0.724. The van der Waals surface area contributed by atoms with Crippen molar-refractivity contribution in [2.75, 3.05) is 5.32 Å². The smallest absolute Gasteiger partial charge is 0.241 e. The van der Waals surface area contributed by atoms with E-state index in [0.29, 0.717) is 0 Å². The predicted octanol–water partition coefficient (Wildman–Crippen LogP) is 2.14. The van der Waals surface area contributed by atoms with Crippen LogP contribution in [0.1, 0.15) is 20.3 Å². The van der Waals surface area contributed by atoms with Crippen molar-refractivity contribution in [2.24, 2.45) is 11.7 Å². The third-order valence-electron chi connectivity index (χ3n) is 2.69. The minimum atomic E-state index is -0.607. The molecule has 0 bridgehead atoms. The first-order valence-corrected chi connectivity index (χ1v) is 5.37. The van der Waals surface area contributed by atoms with E-state index in [4.69, 9.17) is 5.73 Å². The molecule has 0 aliphatic heterocycles. The van der Waals surface area contributed by atoms with Crippen LogP contribution in [0.15, 0.2) is 24.3 Å². The molecule has 0 saturated carbocycles. The highest BCUT2D eigenvalue weighted by Crippen LogP contribution is 2.14. The van der Waals surface area contributed by atoms with E-state index in [2.05, 4.69) is 5.32 Å². The van der Waals surface area contributed by atoms with Gasteiger partial charge in [-0.2, -0.15) is 0 Å². The van der Waals surface area contributed by atoms with Gasteiger partial charge in [0.05, 0.1) is 11.7 Å². The molecule has 0 radical (unpaired) electrons. The number of amides is 1. The Bertz CT molecular complexity index is 368. The number of para-hydroxylation sites is 1. The summed E-state index contributed by atoms with van der Waals surface area (Å²) in [5, 5.41) is 2.49. The average molecular weight is 224 g/mol. The number of nitrogens with one attached hydrogen (secondary N) is 1. The largest absolute Gasteiger partial charge is 0.322 e. The fraction of sp³-hybridized carbons (Fsp3) is 0.417. The zero-order chi connectivity index (χ0) is 12.1. The van der Waals surface area contributed by atoms with Crippen LogP contribution >= 0.6 is 0 Å². The number of hydrogen-bond donors (Lipinski definition) is 2. The van der Waals surface area contributed by atoms with Gasteiger partial charge in [-0.25, -0.2) is 4.39 Å². The minimum Gasteiger partial charge on any atom is -0.322 e. The second-order valence-electron chi connectivity index (χ2n) is 3.88. The average Bonchev–Trinajstić information content (AvgIpc) is 2.30. The molecule has 4 heteroatoms. The SMILES string of the molecule is CC[C@H](C)[C@H](N)C(=O)Nc1ccccc1F. The molecule has 88 valence electrons. The Balaban J connectivity index is 2.68. The van der Waals surface area contributed by atoms with Gasteiger partial charge in [-0.1, -0.05) is 32.4 Å². The molecule has 3 N–H and O–H groups in total. The standard InChI is InChI=1S/C12H17FN2O/c1-3-8(2)11(14)12(16)15-10-7-5-4-6-9(10)13/h4-8,11H,3,14H2,1-2H3,(H,15,16)/t8-,11-/m0/s1. The molecular weight excluding hydrogens is 207 g/mol. The van der Waals surface area contributed by atoms with Gasteiger partial charge in [0.1, 0.15) is 5.82 Å². The van der Waals surface area contributed by atoms with Gasteiger partial charge in [0.2, 0.25) is 5.91 Å². The third kappa shape index (κ3) is 3.03. The second-order valence-corrected chi connectivity index (χ2v) is 3.88. The molecule has 2 atom stereocenters. The first kappa shape index (κ1) is 12.6. The van der Waals surface area contributed by atoms with E-state index >= 15 is 0 Å². The van der Waals surface area contributed by atoms with E-state index in [-0.39, 0.29) is 17.5 Å². The highest BCUT2D eigenvalue weighted by Gasteiger charge is 2.20. The normalized spacial score (nSPS) is 14.2. The molecule has 1 aromatic carbocycles. The van der Waals surface area contributed by atoms with Crippen LogP contribution in [-0.4, -0.2) is 11.9 Å². The Labute approximate surface area is 94.8 Å². The fourth-order valence-corrected chi connectivity index (χ4v) is 1.29. The molecule has 0 aliphatic rings. The summed E-state index contributed by atoms with van der Waals surface area (Å²) in [5.41, 5.74) is 5.91. The number of benzene rings is 1. The Morgan fingerprint density at radius 2 is 2.12 bits per heavy atom. The molecule has 0 spiro atoms. The molecule has 3 nitrogen and oxygen atoms in total. The number of rotatable bonds is 4. The molecule has 0 heterocycles. The summed E-state index contributed by atoms with van der Waals surface area (Å²) in [4.78, 5) is 11.7. The summed E-state index contributed by atoms with van der Waals surface area (Å²) in [6, 6.07) is 5.43. The van der Waals surface area contributed by atoms with Gasteiger partial charge in [-0.3, -0.25) is 4.79 Å². The summed E-state index contributed by atoms with van der Waals surface area (Å²) >= 11 is 0. The maximum absolute atomic E-state index is 13.2. The van der Waals surface area contributed by atoms with Crippen molar-refractivity contribution in [3.63, 3.8) is 0 Å². The number of hydrogen-bond acceptors (Lipinski definition) is 2. The van der Waals surface area contributed by atoms with Gasteiger partial charge >= 0.3 is 0 Å². The third-order valence-corrected chi connectivity index (χ3v) is 2.69. The lowest BCUT2D eigenvalue weighted by molar-refractivity contribution is -0.118. The monoisotopic (exact) mass is 224 g/mol. The molecule has 0 saturated heterocycles. The van der Waals surface area contributed by atoms with Crippen LogP contribution in [0.3, 0.4) is 0 Å². The zero-order valence-corrected chi connectivity index (χ0v) is 9.53. The van der Waals surface area contributed by atoms with Crippen LogP contribution in [0.25, 0.3) is 0 Å². The summed E-state index contributed by atoms with van der Waals surface area (Å²) in [6.07, 6.45) is 0.811. The molecule has 0 aromatic heterocycles. The van der Waals surface area contributed by atoms with Crippen LogP contribution < -0.4 is 11.1 Å². The summed E-state index contributed by atoms with van der Waals surface area (Å²) in [7, 11) is 0. The topological polar surface area (TPSA) is 55.1 Å². The van der Waals surface area contributed by atoms with E-state index in [1.165, 1.54) is 12.1 Å². The highest BCUT2D eigenvalue weighted by molar-refractivity contribution is 5.94. The van der Waals surface area contributed by atoms with Crippen LogP contribution in [0, 0.1) is 11.7 Å². The summed E-state index contributed by atoms with van der Waals surface area (Å²) < 4.78 is 13.2. The first-order chi connectivity index (χ1) is 7.56.